The quantitative estimate of drug-likeness (QED) is 0.170. The fourth-order valence-electron chi connectivity index (χ4n) is 8.22. The molecule has 0 aliphatic carbocycles. The Balaban J connectivity index is 1.40. The van der Waals surface area contributed by atoms with Gasteiger partial charge in [0.25, 0.3) is 0 Å². The average Bonchev–Trinajstić information content (AvgIpc) is 3.52. The zero-order valence-electron chi connectivity index (χ0n) is 28.8. The number of unbranched alkanes of at least 4 members (excludes halogenated alkanes) is 1. The molecule has 1 aromatic rings. The standard InChI is InChI=1S/C38H62O5S/c1-9-12-16-32-24-38(11-3)37(41-32)20-19-31(43-38)22-27(5)29(7)28(6)23-36-34(30(8)35(42-36)21-26(4)10-2)25-44(39,40)33-17-14-13-15-18-33/h13-15,17-18,26-28,30-32,34-37H,7,9-12,16,19-25H2,1-6,8H3/t26?,27-,28-,30-,31?,32+,34-,35-,36?,37+,38+/m1/s1. The van der Waals surface area contributed by atoms with Gasteiger partial charge < -0.3 is 14.2 Å². The van der Waals surface area contributed by atoms with Crippen LogP contribution < -0.4 is 0 Å². The van der Waals surface area contributed by atoms with Crippen LogP contribution in [0, 0.1) is 29.6 Å². The van der Waals surface area contributed by atoms with Crippen LogP contribution in [0.1, 0.15) is 119 Å². The lowest BCUT2D eigenvalue weighted by Gasteiger charge is -2.42. The second-order valence-electron chi connectivity index (χ2n) is 14.8. The summed E-state index contributed by atoms with van der Waals surface area (Å²) in [7, 11) is -3.41. The van der Waals surface area contributed by atoms with Crippen molar-refractivity contribution in [3.8, 4) is 0 Å². The van der Waals surface area contributed by atoms with Gasteiger partial charge in [-0.15, -0.1) is 0 Å². The molecule has 0 N–H and O–H groups in total. The fourth-order valence-corrected chi connectivity index (χ4v) is 10.0. The van der Waals surface area contributed by atoms with Gasteiger partial charge >= 0.3 is 0 Å². The van der Waals surface area contributed by atoms with Gasteiger partial charge in [0.1, 0.15) is 0 Å². The summed E-state index contributed by atoms with van der Waals surface area (Å²) in [5.41, 5.74) is 1.10. The van der Waals surface area contributed by atoms with Crippen LogP contribution in [0.2, 0.25) is 0 Å². The number of sulfone groups is 1. The zero-order valence-corrected chi connectivity index (χ0v) is 29.6. The van der Waals surface area contributed by atoms with E-state index in [1.807, 2.05) is 6.07 Å². The lowest BCUT2D eigenvalue weighted by atomic mass is 9.79. The van der Waals surface area contributed by atoms with Gasteiger partial charge in [-0.05, 0) is 80.8 Å². The molecule has 0 bridgehead atoms. The Hall–Kier alpha value is -1.21. The molecule has 3 saturated heterocycles. The molecular weight excluding hydrogens is 568 g/mol. The first-order chi connectivity index (χ1) is 20.9. The normalized spacial score (nSPS) is 34.4. The summed E-state index contributed by atoms with van der Waals surface area (Å²) >= 11 is 0. The van der Waals surface area contributed by atoms with Gasteiger partial charge in [-0.25, -0.2) is 8.42 Å². The molecule has 0 spiro atoms. The largest absolute Gasteiger partial charge is 0.374 e. The van der Waals surface area contributed by atoms with Gasteiger partial charge in [0, 0.05) is 12.3 Å². The summed E-state index contributed by atoms with van der Waals surface area (Å²) in [4.78, 5) is 0.409. The Bertz CT molecular complexity index is 1150. The molecular formula is C38H62O5S. The molecule has 0 amide bonds. The monoisotopic (exact) mass is 630 g/mol. The molecule has 11 atom stereocenters. The molecule has 0 saturated carbocycles. The number of fused-ring (bicyclic) bond motifs is 1. The van der Waals surface area contributed by atoms with Crippen LogP contribution in [-0.4, -0.2) is 50.3 Å². The summed E-state index contributed by atoms with van der Waals surface area (Å²) in [6.07, 6.45) is 12.4. The van der Waals surface area contributed by atoms with Gasteiger partial charge in [-0.3, -0.25) is 0 Å². The van der Waals surface area contributed by atoms with Gasteiger partial charge in [-0.1, -0.05) is 98.1 Å². The van der Waals surface area contributed by atoms with Crippen molar-refractivity contribution in [1.82, 2.24) is 0 Å². The predicted molar refractivity (Wildman–Crippen MR) is 181 cm³/mol. The van der Waals surface area contributed by atoms with Crippen molar-refractivity contribution < 1.29 is 22.6 Å². The first-order valence-electron chi connectivity index (χ1n) is 17.9. The van der Waals surface area contributed by atoms with Crippen molar-refractivity contribution in [1.29, 1.82) is 0 Å². The maximum Gasteiger partial charge on any atom is 0.178 e. The summed E-state index contributed by atoms with van der Waals surface area (Å²) in [6.45, 7) is 20.4. The molecule has 250 valence electrons. The third-order valence-electron chi connectivity index (χ3n) is 11.5. The van der Waals surface area contributed by atoms with E-state index in [1.165, 1.54) is 18.4 Å². The van der Waals surface area contributed by atoms with Gasteiger partial charge in [0.2, 0.25) is 0 Å². The lowest BCUT2D eigenvalue weighted by Crippen LogP contribution is -2.48. The maximum absolute atomic E-state index is 13.5. The van der Waals surface area contributed by atoms with E-state index in [-0.39, 0.29) is 53.5 Å². The first kappa shape index (κ1) is 35.6. The third kappa shape index (κ3) is 8.38. The third-order valence-corrected chi connectivity index (χ3v) is 13.4. The van der Waals surface area contributed by atoms with Crippen molar-refractivity contribution in [2.45, 2.75) is 160 Å². The van der Waals surface area contributed by atoms with Gasteiger partial charge in [0.05, 0.1) is 46.8 Å². The summed E-state index contributed by atoms with van der Waals surface area (Å²) < 4.78 is 47.2. The topological polar surface area (TPSA) is 61.8 Å². The van der Waals surface area contributed by atoms with E-state index in [4.69, 9.17) is 14.2 Å². The second kappa shape index (κ2) is 15.6. The number of hydrogen-bond acceptors (Lipinski definition) is 5. The number of benzene rings is 1. The highest BCUT2D eigenvalue weighted by atomic mass is 32.2. The molecule has 3 heterocycles. The Morgan fingerprint density at radius 3 is 2.32 bits per heavy atom. The van der Waals surface area contributed by atoms with Crippen LogP contribution in [0.3, 0.4) is 0 Å². The Morgan fingerprint density at radius 2 is 1.66 bits per heavy atom. The highest BCUT2D eigenvalue weighted by Gasteiger charge is 2.52. The molecule has 3 aliphatic rings. The van der Waals surface area contributed by atoms with Crippen LogP contribution in [0.15, 0.2) is 47.4 Å². The Morgan fingerprint density at radius 1 is 0.955 bits per heavy atom. The Labute approximate surface area is 269 Å². The number of allylic oxidation sites excluding steroid dienone is 1. The molecule has 4 rings (SSSR count). The molecule has 44 heavy (non-hydrogen) atoms. The minimum Gasteiger partial charge on any atom is -0.374 e. The summed E-state index contributed by atoms with van der Waals surface area (Å²) in [5, 5.41) is 0. The highest BCUT2D eigenvalue weighted by Crippen LogP contribution is 2.47. The minimum absolute atomic E-state index is 0.0362. The second-order valence-corrected chi connectivity index (χ2v) is 16.8. The number of hydrogen-bond donors (Lipinski definition) is 0. The molecule has 3 aliphatic heterocycles. The zero-order chi connectivity index (χ0) is 32.1. The van der Waals surface area contributed by atoms with Crippen LogP contribution in [0.4, 0.5) is 0 Å². The smallest absolute Gasteiger partial charge is 0.178 e. The maximum atomic E-state index is 13.5. The van der Waals surface area contributed by atoms with E-state index in [9.17, 15) is 8.42 Å². The van der Waals surface area contributed by atoms with Crippen molar-refractivity contribution in [2.75, 3.05) is 5.75 Å². The van der Waals surface area contributed by atoms with E-state index in [0.29, 0.717) is 22.8 Å². The van der Waals surface area contributed by atoms with Crippen molar-refractivity contribution in [3.05, 3.63) is 42.5 Å². The van der Waals surface area contributed by atoms with Gasteiger partial charge in [-0.2, -0.15) is 0 Å². The average molecular weight is 631 g/mol. The SMILES string of the molecule is C=C([C@H](C)CC1CC[C@@H]2O[C@@H](CCCC)C[C@]2(CC)O1)[C@H](C)CC1O[C@H](CC(C)CC)[C@H](C)[C@H]1CS(=O)(=O)c1ccccc1. The molecule has 0 radical (unpaired) electrons. The first-order valence-corrected chi connectivity index (χ1v) is 19.5. The van der Waals surface area contributed by atoms with Gasteiger partial charge in [0.15, 0.2) is 9.84 Å². The predicted octanol–water partition coefficient (Wildman–Crippen LogP) is 9.20. The highest BCUT2D eigenvalue weighted by molar-refractivity contribution is 7.91. The van der Waals surface area contributed by atoms with Crippen LogP contribution in [0.25, 0.3) is 0 Å². The molecule has 3 fully saturated rings. The van der Waals surface area contributed by atoms with Crippen molar-refractivity contribution in [3.63, 3.8) is 0 Å². The number of ether oxygens (including phenoxy) is 3. The number of rotatable bonds is 16. The van der Waals surface area contributed by atoms with Crippen LogP contribution in [-0.2, 0) is 24.0 Å². The summed E-state index contributed by atoms with van der Waals surface area (Å²) in [6, 6.07) is 8.91. The van der Waals surface area contributed by atoms with E-state index in [0.717, 1.165) is 57.8 Å². The van der Waals surface area contributed by atoms with E-state index < -0.39 is 9.84 Å². The molecule has 3 unspecified atom stereocenters. The minimum atomic E-state index is -3.41. The van der Waals surface area contributed by atoms with E-state index in [2.05, 4.69) is 55.0 Å². The van der Waals surface area contributed by atoms with Crippen LogP contribution >= 0.6 is 0 Å². The van der Waals surface area contributed by atoms with Crippen LogP contribution in [0.5, 0.6) is 0 Å². The van der Waals surface area contributed by atoms with E-state index in [1.54, 1.807) is 24.3 Å². The fraction of sp³-hybridized carbons (Fsp3) is 0.789. The Kier molecular flexibility index (Phi) is 12.6. The molecule has 6 heteroatoms. The lowest BCUT2D eigenvalue weighted by molar-refractivity contribution is -0.170. The molecule has 0 aromatic heterocycles. The van der Waals surface area contributed by atoms with Crippen molar-refractivity contribution >= 4 is 9.84 Å². The van der Waals surface area contributed by atoms with Crippen molar-refractivity contribution in [2.24, 2.45) is 29.6 Å². The summed E-state index contributed by atoms with van der Waals surface area (Å²) in [5.74, 6) is 1.39. The van der Waals surface area contributed by atoms with E-state index >= 15 is 0 Å². The molecule has 1 aromatic carbocycles. The molecule has 5 nitrogen and oxygen atoms in total.